The predicted molar refractivity (Wildman–Crippen MR) is 101 cm³/mol. The Bertz CT molecular complexity index is 769. The number of hydrogen-bond acceptors (Lipinski definition) is 6. The maximum atomic E-state index is 11.8. The van der Waals surface area contributed by atoms with E-state index in [4.69, 9.17) is 21.6 Å². The lowest BCUT2D eigenvalue weighted by atomic mass is 10.1. The van der Waals surface area contributed by atoms with E-state index in [1.165, 1.54) is 23.1 Å². The molecule has 0 aliphatic heterocycles. The van der Waals surface area contributed by atoms with Crippen LogP contribution in [-0.2, 0) is 26.5 Å². The smallest absolute Gasteiger partial charge is 0.316 e. The van der Waals surface area contributed by atoms with Crippen LogP contribution in [0.15, 0.2) is 36.4 Å². The lowest BCUT2D eigenvalue weighted by Gasteiger charge is -2.07. The molecule has 130 valence electrons. The fourth-order valence-electron chi connectivity index (χ4n) is 1.85. The molecular formula is C17H15ClN2O3S2. The SMILES string of the molecule is N#CCc1ccc(NC(=O)COC(=O)CSCc2ccc(Cl)s2)cc1. The summed E-state index contributed by atoms with van der Waals surface area (Å²) < 4.78 is 5.66. The summed E-state index contributed by atoms with van der Waals surface area (Å²) in [5.74, 6) is 0.00272. The summed E-state index contributed by atoms with van der Waals surface area (Å²) in [5, 5.41) is 11.2. The zero-order valence-electron chi connectivity index (χ0n) is 13.2. The Kier molecular flexibility index (Phi) is 7.79. The minimum absolute atomic E-state index is 0.172. The third kappa shape index (κ3) is 7.18. The molecule has 8 heteroatoms. The second-order valence-corrected chi connectivity index (χ2v) is 7.72. The molecule has 0 aliphatic rings. The molecule has 5 nitrogen and oxygen atoms in total. The van der Waals surface area contributed by atoms with Crippen LogP contribution in [0.1, 0.15) is 10.4 Å². The summed E-state index contributed by atoms with van der Waals surface area (Å²) in [6.45, 7) is -0.329. The highest BCUT2D eigenvalue weighted by molar-refractivity contribution is 7.99. The van der Waals surface area contributed by atoms with Crippen LogP contribution < -0.4 is 5.32 Å². The number of nitrogens with one attached hydrogen (secondary N) is 1. The highest BCUT2D eigenvalue weighted by Gasteiger charge is 2.09. The second-order valence-electron chi connectivity index (χ2n) is 4.94. The number of amides is 1. The van der Waals surface area contributed by atoms with Crippen LogP contribution in [0.25, 0.3) is 0 Å². The molecule has 0 fully saturated rings. The lowest BCUT2D eigenvalue weighted by molar-refractivity contribution is -0.144. The molecule has 1 aromatic heterocycles. The molecule has 0 saturated heterocycles. The number of rotatable bonds is 8. The number of benzene rings is 1. The van der Waals surface area contributed by atoms with E-state index >= 15 is 0 Å². The maximum Gasteiger partial charge on any atom is 0.316 e. The standard InChI is InChI=1S/C17H15ClN2O3S2/c18-15-6-5-14(25-15)10-24-11-17(22)23-9-16(21)20-13-3-1-12(2-4-13)7-8-19/h1-6H,7,9-11H2,(H,20,21). The summed E-state index contributed by atoms with van der Waals surface area (Å²) in [5.41, 5.74) is 1.46. The Morgan fingerprint density at radius 1 is 1.24 bits per heavy atom. The number of thioether (sulfide) groups is 1. The molecule has 0 aliphatic carbocycles. The van der Waals surface area contributed by atoms with Crippen LogP contribution in [0.2, 0.25) is 4.34 Å². The van der Waals surface area contributed by atoms with Crippen LogP contribution in [0.5, 0.6) is 0 Å². The van der Waals surface area contributed by atoms with E-state index in [0.717, 1.165) is 14.8 Å². The highest BCUT2D eigenvalue weighted by Crippen LogP contribution is 2.25. The molecule has 1 heterocycles. The van der Waals surface area contributed by atoms with Gasteiger partial charge >= 0.3 is 5.97 Å². The number of thiophene rings is 1. The molecule has 25 heavy (non-hydrogen) atoms. The van der Waals surface area contributed by atoms with Gasteiger partial charge in [-0.1, -0.05) is 23.7 Å². The molecule has 2 aromatic rings. The average molecular weight is 395 g/mol. The number of anilines is 1. The Labute approximate surface area is 158 Å². The summed E-state index contributed by atoms with van der Waals surface area (Å²) in [6.07, 6.45) is 0.321. The minimum atomic E-state index is -0.438. The molecule has 1 N–H and O–H groups in total. The first-order valence-electron chi connectivity index (χ1n) is 7.30. The van der Waals surface area contributed by atoms with Crippen LogP contribution >= 0.6 is 34.7 Å². The Morgan fingerprint density at radius 3 is 2.64 bits per heavy atom. The van der Waals surface area contributed by atoms with Gasteiger partial charge < -0.3 is 10.1 Å². The van der Waals surface area contributed by atoms with Crippen molar-refractivity contribution in [3.05, 3.63) is 51.2 Å². The van der Waals surface area contributed by atoms with Gasteiger partial charge in [0.25, 0.3) is 5.91 Å². The molecule has 1 amide bonds. The first kappa shape index (κ1) is 19.3. The third-order valence-corrected chi connectivity index (χ3v) is 5.35. The third-order valence-electron chi connectivity index (χ3n) is 2.98. The van der Waals surface area contributed by atoms with E-state index in [0.29, 0.717) is 17.9 Å². The van der Waals surface area contributed by atoms with Gasteiger partial charge in [0.1, 0.15) is 0 Å². The summed E-state index contributed by atoms with van der Waals surface area (Å²) in [6, 6.07) is 12.7. The van der Waals surface area contributed by atoms with Crippen molar-refractivity contribution < 1.29 is 14.3 Å². The molecule has 0 radical (unpaired) electrons. The number of halogens is 1. The topological polar surface area (TPSA) is 79.2 Å². The van der Waals surface area contributed by atoms with Crippen molar-refractivity contribution in [3.63, 3.8) is 0 Å². The van der Waals surface area contributed by atoms with Gasteiger partial charge in [-0.2, -0.15) is 5.26 Å². The molecule has 0 saturated carbocycles. The number of hydrogen-bond donors (Lipinski definition) is 1. The van der Waals surface area contributed by atoms with Crippen molar-refractivity contribution in [2.24, 2.45) is 0 Å². The van der Waals surface area contributed by atoms with Crippen LogP contribution in [0, 0.1) is 11.3 Å². The monoisotopic (exact) mass is 394 g/mol. The number of carbonyl (C=O) groups excluding carboxylic acids is 2. The Hall–Kier alpha value is -2.01. The summed E-state index contributed by atoms with van der Waals surface area (Å²) >= 11 is 8.72. The zero-order chi connectivity index (χ0) is 18.1. The van der Waals surface area contributed by atoms with Gasteiger partial charge in [-0.25, -0.2) is 0 Å². The molecule has 2 rings (SSSR count). The first-order chi connectivity index (χ1) is 12.1. The lowest BCUT2D eigenvalue weighted by Crippen LogP contribution is -2.21. The Balaban J connectivity index is 1.65. The van der Waals surface area contributed by atoms with Crippen molar-refractivity contribution in [1.29, 1.82) is 5.26 Å². The van der Waals surface area contributed by atoms with Gasteiger partial charge in [-0.3, -0.25) is 9.59 Å². The largest absolute Gasteiger partial charge is 0.455 e. The molecular weight excluding hydrogens is 380 g/mol. The summed E-state index contributed by atoms with van der Waals surface area (Å²) in [4.78, 5) is 24.5. The van der Waals surface area contributed by atoms with Crippen molar-refractivity contribution in [2.75, 3.05) is 17.7 Å². The van der Waals surface area contributed by atoms with E-state index in [2.05, 4.69) is 11.4 Å². The van der Waals surface area contributed by atoms with Crippen molar-refractivity contribution in [1.82, 2.24) is 0 Å². The first-order valence-corrected chi connectivity index (χ1v) is 9.65. The number of nitriles is 1. The second kappa shape index (κ2) is 10.1. The van der Waals surface area contributed by atoms with Crippen molar-refractivity contribution in [3.8, 4) is 6.07 Å². The van der Waals surface area contributed by atoms with E-state index < -0.39 is 11.9 Å². The van der Waals surface area contributed by atoms with Crippen LogP contribution in [0.4, 0.5) is 5.69 Å². The van der Waals surface area contributed by atoms with E-state index in [9.17, 15) is 9.59 Å². The van der Waals surface area contributed by atoms with Gasteiger partial charge in [-0.05, 0) is 29.8 Å². The molecule has 0 atom stereocenters. The quantitative estimate of drug-likeness (QED) is 0.687. The maximum absolute atomic E-state index is 11.8. The average Bonchev–Trinajstić information content (AvgIpc) is 3.00. The number of carbonyl (C=O) groups is 2. The highest BCUT2D eigenvalue weighted by atomic mass is 35.5. The molecule has 1 aromatic carbocycles. The van der Waals surface area contributed by atoms with Gasteiger partial charge in [0.15, 0.2) is 6.61 Å². The molecule has 0 spiro atoms. The fraction of sp³-hybridized carbons (Fsp3) is 0.235. The van der Waals surface area contributed by atoms with E-state index in [1.54, 1.807) is 24.3 Å². The molecule has 0 bridgehead atoms. The van der Waals surface area contributed by atoms with Crippen LogP contribution in [0.3, 0.4) is 0 Å². The Morgan fingerprint density at radius 2 is 2.00 bits per heavy atom. The zero-order valence-corrected chi connectivity index (χ0v) is 15.5. The number of ether oxygens (including phenoxy) is 1. The van der Waals surface area contributed by atoms with Crippen molar-refractivity contribution in [2.45, 2.75) is 12.2 Å². The predicted octanol–water partition coefficient (Wildman–Crippen LogP) is 3.88. The summed E-state index contributed by atoms with van der Waals surface area (Å²) in [7, 11) is 0. The number of nitrogens with zero attached hydrogens (tertiary/aromatic N) is 1. The van der Waals surface area contributed by atoms with E-state index in [1.807, 2.05) is 12.1 Å². The van der Waals surface area contributed by atoms with E-state index in [-0.39, 0.29) is 12.4 Å². The molecule has 0 unspecified atom stereocenters. The van der Waals surface area contributed by atoms with Crippen molar-refractivity contribution >= 4 is 52.3 Å². The van der Waals surface area contributed by atoms with Gasteiger partial charge in [-0.15, -0.1) is 23.1 Å². The van der Waals surface area contributed by atoms with Gasteiger partial charge in [0.2, 0.25) is 0 Å². The normalized spacial score (nSPS) is 10.1. The number of esters is 1. The van der Waals surface area contributed by atoms with Gasteiger partial charge in [0, 0.05) is 16.3 Å². The fourth-order valence-corrected chi connectivity index (χ4v) is 3.86. The van der Waals surface area contributed by atoms with Gasteiger partial charge in [0.05, 0.1) is 22.6 Å². The minimum Gasteiger partial charge on any atom is -0.455 e. The van der Waals surface area contributed by atoms with Crippen LogP contribution in [-0.4, -0.2) is 24.2 Å².